The van der Waals surface area contributed by atoms with E-state index in [1.165, 1.54) is 43.2 Å². The van der Waals surface area contributed by atoms with Crippen molar-refractivity contribution in [3.05, 3.63) is 29.3 Å². The SMILES string of the molecule is Oc1ccc2c(c1)CCCC2NCC1CCCCO1. The van der Waals surface area contributed by atoms with Gasteiger partial charge in [0, 0.05) is 19.2 Å². The van der Waals surface area contributed by atoms with E-state index in [0.29, 0.717) is 17.9 Å². The van der Waals surface area contributed by atoms with Gasteiger partial charge in [-0.05, 0) is 61.8 Å². The molecule has 2 atom stereocenters. The molecule has 0 amide bonds. The van der Waals surface area contributed by atoms with Gasteiger partial charge in [-0.3, -0.25) is 0 Å². The highest BCUT2D eigenvalue weighted by Gasteiger charge is 2.22. The second kappa shape index (κ2) is 5.93. The Kier molecular flexibility index (Phi) is 4.04. The van der Waals surface area contributed by atoms with Gasteiger partial charge in [-0.15, -0.1) is 0 Å². The van der Waals surface area contributed by atoms with Gasteiger partial charge in [-0.1, -0.05) is 6.07 Å². The lowest BCUT2D eigenvalue weighted by Crippen LogP contribution is -2.35. The van der Waals surface area contributed by atoms with E-state index in [2.05, 4.69) is 11.4 Å². The van der Waals surface area contributed by atoms with E-state index in [4.69, 9.17) is 4.74 Å². The summed E-state index contributed by atoms with van der Waals surface area (Å²) in [5.41, 5.74) is 2.66. The molecule has 2 N–H and O–H groups in total. The Morgan fingerprint density at radius 3 is 3.00 bits per heavy atom. The third-order valence-corrected chi connectivity index (χ3v) is 4.31. The second-order valence-corrected chi connectivity index (χ2v) is 5.72. The van der Waals surface area contributed by atoms with Crippen LogP contribution in [0.4, 0.5) is 0 Å². The Bertz CT molecular complexity index is 427. The fourth-order valence-electron chi connectivity index (χ4n) is 3.25. The summed E-state index contributed by atoms with van der Waals surface area (Å²) in [6.07, 6.45) is 7.54. The van der Waals surface area contributed by atoms with Gasteiger partial charge in [0.15, 0.2) is 0 Å². The minimum Gasteiger partial charge on any atom is -0.508 e. The predicted molar refractivity (Wildman–Crippen MR) is 75.4 cm³/mol. The van der Waals surface area contributed by atoms with Gasteiger partial charge in [0.25, 0.3) is 0 Å². The van der Waals surface area contributed by atoms with E-state index in [-0.39, 0.29) is 0 Å². The molecule has 19 heavy (non-hydrogen) atoms. The molecule has 2 unspecified atom stereocenters. The first kappa shape index (κ1) is 12.9. The Hall–Kier alpha value is -1.06. The molecule has 1 fully saturated rings. The average molecular weight is 261 g/mol. The summed E-state index contributed by atoms with van der Waals surface area (Å²) in [7, 11) is 0. The van der Waals surface area contributed by atoms with Crippen LogP contribution in [0, 0.1) is 0 Å². The maximum atomic E-state index is 9.57. The van der Waals surface area contributed by atoms with E-state index in [1.54, 1.807) is 6.07 Å². The Morgan fingerprint density at radius 1 is 1.21 bits per heavy atom. The molecule has 3 heteroatoms. The number of ether oxygens (including phenoxy) is 1. The van der Waals surface area contributed by atoms with Crippen LogP contribution in [-0.2, 0) is 11.2 Å². The molecule has 1 aromatic carbocycles. The van der Waals surface area contributed by atoms with Crippen LogP contribution in [0.3, 0.4) is 0 Å². The molecule has 0 aromatic heterocycles. The number of phenolic OH excluding ortho intramolecular Hbond substituents is 1. The molecule has 1 saturated heterocycles. The largest absolute Gasteiger partial charge is 0.508 e. The van der Waals surface area contributed by atoms with Gasteiger partial charge in [-0.25, -0.2) is 0 Å². The maximum absolute atomic E-state index is 9.57. The molecule has 0 spiro atoms. The van der Waals surface area contributed by atoms with E-state index >= 15 is 0 Å². The number of benzene rings is 1. The van der Waals surface area contributed by atoms with Crippen molar-refractivity contribution in [2.24, 2.45) is 0 Å². The quantitative estimate of drug-likeness (QED) is 0.879. The molecule has 1 heterocycles. The standard InChI is InChI=1S/C16H23NO2/c18-13-7-8-15-12(10-13)4-3-6-16(15)17-11-14-5-1-2-9-19-14/h7-8,10,14,16-18H,1-6,9,11H2. The van der Waals surface area contributed by atoms with Crippen LogP contribution in [0.25, 0.3) is 0 Å². The fraction of sp³-hybridized carbons (Fsp3) is 0.625. The van der Waals surface area contributed by atoms with Crippen LogP contribution in [0.1, 0.15) is 49.3 Å². The summed E-state index contributed by atoms with van der Waals surface area (Å²) in [4.78, 5) is 0. The molecule has 0 saturated carbocycles. The van der Waals surface area contributed by atoms with Crippen molar-refractivity contribution < 1.29 is 9.84 Å². The molecular formula is C16H23NO2. The van der Waals surface area contributed by atoms with Crippen LogP contribution < -0.4 is 5.32 Å². The molecule has 104 valence electrons. The topological polar surface area (TPSA) is 41.5 Å². The van der Waals surface area contributed by atoms with Gasteiger partial charge >= 0.3 is 0 Å². The summed E-state index contributed by atoms with van der Waals surface area (Å²) in [6.45, 7) is 1.87. The number of aromatic hydroxyl groups is 1. The van der Waals surface area contributed by atoms with E-state index < -0.39 is 0 Å². The highest BCUT2D eigenvalue weighted by atomic mass is 16.5. The number of fused-ring (bicyclic) bond motifs is 1. The first-order valence-corrected chi connectivity index (χ1v) is 7.50. The Labute approximate surface area is 115 Å². The van der Waals surface area contributed by atoms with Crippen molar-refractivity contribution >= 4 is 0 Å². The lowest BCUT2D eigenvalue weighted by Gasteiger charge is -2.29. The van der Waals surface area contributed by atoms with Crippen LogP contribution in [-0.4, -0.2) is 24.4 Å². The average Bonchev–Trinajstić information content (AvgIpc) is 2.45. The molecule has 1 aromatic rings. The minimum absolute atomic E-state index is 0.384. The number of phenols is 1. The Morgan fingerprint density at radius 2 is 2.16 bits per heavy atom. The molecule has 3 nitrogen and oxygen atoms in total. The van der Waals surface area contributed by atoms with Crippen molar-refractivity contribution in [2.45, 2.75) is 50.7 Å². The fourth-order valence-corrected chi connectivity index (χ4v) is 3.25. The van der Waals surface area contributed by atoms with Crippen molar-refractivity contribution in [2.75, 3.05) is 13.2 Å². The summed E-state index contributed by atoms with van der Waals surface area (Å²) >= 11 is 0. The second-order valence-electron chi connectivity index (χ2n) is 5.72. The van der Waals surface area contributed by atoms with Gasteiger partial charge in [0.2, 0.25) is 0 Å². The van der Waals surface area contributed by atoms with Crippen molar-refractivity contribution in [1.82, 2.24) is 5.32 Å². The molecule has 3 rings (SSSR count). The maximum Gasteiger partial charge on any atom is 0.115 e. The first-order valence-electron chi connectivity index (χ1n) is 7.50. The van der Waals surface area contributed by atoms with Gasteiger partial charge in [-0.2, -0.15) is 0 Å². The number of aryl methyl sites for hydroxylation is 1. The number of hydrogen-bond donors (Lipinski definition) is 2. The highest BCUT2D eigenvalue weighted by Crippen LogP contribution is 2.32. The van der Waals surface area contributed by atoms with E-state index in [9.17, 15) is 5.11 Å². The van der Waals surface area contributed by atoms with Gasteiger partial charge in [0.05, 0.1) is 6.10 Å². The van der Waals surface area contributed by atoms with Crippen molar-refractivity contribution in [3.8, 4) is 5.75 Å². The van der Waals surface area contributed by atoms with Gasteiger partial charge < -0.3 is 15.2 Å². The molecular weight excluding hydrogens is 238 g/mol. The van der Waals surface area contributed by atoms with Crippen LogP contribution >= 0.6 is 0 Å². The van der Waals surface area contributed by atoms with Crippen molar-refractivity contribution in [3.63, 3.8) is 0 Å². The highest BCUT2D eigenvalue weighted by molar-refractivity contribution is 5.38. The summed E-state index contributed by atoms with van der Waals surface area (Å²) in [5, 5.41) is 13.2. The molecule has 0 radical (unpaired) electrons. The molecule has 2 aliphatic rings. The van der Waals surface area contributed by atoms with Gasteiger partial charge in [0.1, 0.15) is 5.75 Å². The Balaban J connectivity index is 1.63. The normalized spacial score (nSPS) is 26.9. The zero-order chi connectivity index (χ0) is 13.1. The first-order chi connectivity index (χ1) is 9.33. The number of rotatable bonds is 3. The van der Waals surface area contributed by atoms with E-state index in [1.807, 2.05) is 6.07 Å². The van der Waals surface area contributed by atoms with Crippen LogP contribution in [0.5, 0.6) is 5.75 Å². The lowest BCUT2D eigenvalue weighted by atomic mass is 9.87. The third-order valence-electron chi connectivity index (χ3n) is 4.31. The molecule has 1 aliphatic heterocycles. The minimum atomic E-state index is 0.384. The van der Waals surface area contributed by atoms with Crippen LogP contribution in [0.15, 0.2) is 18.2 Å². The third kappa shape index (κ3) is 3.10. The summed E-state index contributed by atoms with van der Waals surface area (Å²) < 4.78 is 5.77. The van der Waals surface area contributed by atoms with Crippen LogP contribution in [0.2, 0.25) is 0 Å². The monoisotopic (exact) mass is 261 g/mol. The molecule has 1 aliphatic carbocycles. The zero-order valence-electron chi connectivity index (χ0n) is 11.4. The number of hydrogen-bond acceptors (Lipinski definition) is 3. The predicted octanol–water partition coefficient (Wildman–Crippen LogP) is 2.93. The smallest absolute Gasteiger partial charge is 0.115 e. The lowest BCUT2D eigenvalue weighted by molar-refractivity contribution is 0.0150. The summed E-state index contributed by atoms with van der Waals surface area (Å²) in [5.74, 6) is 0.384. The summed E-state index contributed by atoms with van der Waals surface area (Å²) in [6, 6.07) is 6.22. The number of nitrogens with one attached hydrogen (secondary N) is 1. The molecule has 0 bridgehead atoms. The zero-order valence-corrected chi connectivity index (χ0v) is 11.4. The van der Waals surface area contributed by atoms with E-state index in [0.717, 1.165) is 19.6 Å². The van der Waals surface area contributed by atoms with Crippen molar-refractivity contribution in [1.29, 1.82) is 0 Å².